The van der Waals surface area contributed by atoms with Crippen molar-refractivity contribution in [3.63, 3.8) is 0 Å². The second kappa shape index (κ2) is 6.25. The second-order valence-electron chi connectivity index (χ2n) is 2.84. The van der Waals surface area contributed by atoms with Crippen molar-refractivity contribution >= 4 is 0 Å². The van der Waals surface area contributed by atoms with E-state index >= 15 is 0 Å². The summed E-state index contributed by atoms with van der Waals surface area (Å²) in [5.74, 6) is 0. The molecule has 0 aromatic rings. The standard InChI is InChI=1S/C7H16NO5/c1-8-2-4(10)6(12)7(13)5(11)3-9/h4-8,10-13H,2-3H2,1H3. The molecule has 0 saturated carbocycles. The largest absolute Gasteiger partial charge is 0.389 e. The molecule has 0 rings (SSSR count). The molecule has 0 aromatic heterocycles. The number of aliphatic hydroxyl groups excluding tert-OH is 4. The predicted octanol–water partition coefficient (Wildman–Crippen LogP) is -2.92. The third-order valence-corrected chi connectivity index (χ3v) is 1.72. The fourth-order valence-electron chi connectivity index (χ4n) is 0.884. The smallest absolute Gasteiger partial charge is 0.111 e. The van der Waals surface area contributed by atoms with Crippen LogP contribution >= 0.6 is 0 Å². The molecular formula is C7H16NO5. The van der Waals surface area contributed by atoms with Crippen LogP contribution in [-0.2, 0) is 5.11 Å². The van der Waals surface area contributed by atoms with Gasteiger partial charge in [0.1, 0.15) is 24.9 Å². The Kier molecular flexibility index (Phi) is 6.13. The Morgan fingerprint density at radius 2 is 1.54 bits per heavy atom. The number of rotatable bonds is 6. The Hall–Kier alpha value is -0.240. The van der Waals surface area contributed by atoms with Crippen LogP contribution in [0.3, 0.4) is 0 Å². The Bertz CT molecular complexity index is 134. The molecule has 0 amide bonds. The molecule has 4 atom stereocenters. The highest BCUT2D eigenvalue weighted by Gasteiger charge is 2.29. The quantitative estimate of drug-likeness (QED) is 0.311. The van der Waals surface area contributed by atoms with Crippen molar-refractivity contribution in [3.8, 4) is 0 Å². The van der Waals surface area contributed by atoms with Crippen LogP contribution in [0.5, 0.6) is 0 Å². The lowest BCUT2D eigenvalue weighted by Gasteiger charge is -2.24. The van der Waals surface area contributed by atoms with E-state index in [4.69, 9.17) is 15.3 Å². The monoisotopic (exact) mass is 194 g/mol. The minimum atomic E-state index is -1.61. The molecule has 0 saturated heterocycles. The molecule has 5 N–H and O–H groups in total. The third kappa shape index (κ3) is 3.99. The van der Waals surface area contributed by atoms with E-state index in [0.717, 1.165) is 0 Å². The fourth-order valence-corrected chi connectivity index (χ4v) is 0.884. The van der Waals surface area contributed by atoms with Gasteiger partial charge in [-0.1, -0.05) is 0 Å². The van der Waals surface area contributed by atoms with Crippen LogP contribution in [-0.4, -0.2) is 65.0 Å². The van der Waals surface area contributed by atoms with Gasteiger partial charge in [0, 0.05) is 6.54 Å². The zero-order valence-corrected chi connectivity index (χ0v) is 7.42. The number of nitrogens with one attached hydrogen (secondary N) is 1. The minimum Gasteiger partial charge on any atom is -0.389 e. The summed E-state index contributed by atoms with van der Waals surface area (Å²) in [5.41, 5.74) is 0. The average molecular weight is 194 g/mol. The molecule has 0 aliphatic heterocycles. The maximum absolute atomic E-state index is 10.1. The van der Waals surface area contributed by atoms with Gasteiger partial charge >= 0.3 is 0 Å². The van der Waals surface area contributed by atoms with Crippen molar-refractivity contribution in [2.45, 2.75) is 24.4 Å². The first kappa shape index (κ1) is 12.8. The Balaban J connectivity index is 3.99. The SMILES string of the molecule is CNCC(O)C(O)C(O)C(O)C[O]. The van der Waals surface area contributed by atoms with Crippen LogP contribution in [0.15, 0.2) is 0 Å². The summed E-state index contributed by atoms with van der Waals surface area (Å²) >= 11 is 0. The molecule has 13 heavy (non-hydrogen) atoms. The van der Waals surface area contributed by atoms with E-state index in [2.05, 4.69) is 5.32 Å². The van der Waals surface area contributed by atoms with Gasteiger partial charge < -0.3 is 25.7 Å². The molecule has 6 nitrogen and oxygen atoms in total. The van der Waals surface area contributed by atoms with Gasteiger partial charge in [-0.15, -0.1) is 0 Å². The van der Waals surface area contributed by atoms with Gasteiger partial charge in [-0.3, -0.25) is 0 Å². The summed E-state index contributed by atoms with van der Waals surface area (Å²) in [6.07, 6.45) is -5.89. The second-order valence-corrected chi connectivity index (χ2v) is 2.84. The van der Waals surface area contributed by atoms with Crippen LogP contribution in [0.25, 0.3) is 0 Å². The van der Waals surface area contributed by atoms with E-state index < -0.39 is 31.0 Å². The number of hydrogen-bond donors (Lipinski definition) is 5. The van der Waals surface area contributed by atoms with E-state index in [1.807, 2.05) is 0 Å². The Labute approximate surface area is 76.4 Å². The van der Waals surface area contributed by atoms with Crippen LogP contribution < -0.4 is 5.32 Å². The van der Waals surface area contributed by atoms with Crippen molar-refractivity contribution in [2.24, 2.45) is 0 Å². The Morgan fingerprint density at radius 1 is 1.08 bits per heavy atom. The van der Waals surface area contributed by atoms with Crippen molar-refractivity contribution < 1.29 is 25.5 Å². The molecule has 6 heteroatoms. The summed E-state index contributed by atoms with van der Waals surface area (Å²) in [4.78, 5) is 0. The lowest BCUT2D eigenvalue weighted by atomic mass is 10.0. The molecule has 0 fully saturated rings. The molecule has 0 heterocycles. The highest BCUT2D eigenvalue weighted by atomic mass is 16.4. The number of hydrogen-bond acceptors (Lipinski definition) is 5. The summed E-state index contributed by atoms with van der Waals surface area (Å²) < 4.78 is 0. The number of likely N-dealkylation sites (N-methyl/N-ethyl adjacent to an activating group) is 1. The van der Waals surface area contributed by atoms with Crippen molar-refractivity contribution in [1.82, 2.24) is 5.32 Å². The topological polar surface area (TPSA) is 113 Å². The fraction of sp³-hybridized carbons (Fsp3) is 1.00. The first-order valence-corrected chi connectivity index (χ1v) is 3.99. The highest BCUT2D eigenvalue weighted by molar-refractivity contribution is 4.81. The van der Waals surface area contributed by atoms with Crippen LogP contribution in [0.4, 0.5) is 0 Å². The van der Waals surface area contributed by atoms with Gasteiger partial charge in [-0.25, -0.2) is 5.11 Å². The first-order valence-electron chi connectivity index (χ1n) is 3.99. The van der Waals surface area contributed by atoms with E-state index in [1.165, 1.54) is 0 Å². The van der Waals surface area contributed by atoms with Gasteiger partial charge in [0.15, 0.2) is 0 Å². The van der Waals surface area contributed by atoms with Gasteiger partial charge in [0.25, 0.3) is 0 Å². The molecule has 79 valence electrons. The molecule has 0 aliphatic carbocycles. The molecule has 0 spiro atoms. The van der Waals surface area contributed by atoms with Crippen molar-refractivity contribution in [2.75, 3.05) is 20.2 Å². The molecular weight excluding hydrogens is 178 g/mol. The maximum Gasteiger partial charge on any atom is 0.111 e. The zero-order chi connectivity index (χ0) is 10.4. The van der Waals surface area contributed by atoms with Gasteiger partial charge in [-0.05, 0) is 7.05 Å². The lowest BCUT2D eigenvalue weighted by molar-refractivity contribution is -0.119. The molecule has 1 radical (unpaired) electrons. The predicted molar refractivity (Wildman–Crippen MR) is 43.5 cm³/mol. The van der Waals surface area contributed by atoms with Crippen molar-refractivity contribution in [3.05, 3.63) is 0 Å². The number of aliphatic hydroxyl groups is 4. The zero-order valence-electron chi connectivity index (χ0n) is 7.42. The summed E-state index contributed by atoms with van der Waals surface area (Å²) in [6, 6.07) is 0. The maximum atomic E-state index is 10.1. The van der Waals surface area contributed by atoms with Crippen molar-refractivity contribution in [1.29, 1.82) is 0 Å². The van der Waals surface area contributed by atoms with Crippen LogP contribution in [0, 0.1) is 0 Å². The third-order valence-electron chi connectivity index (χ3n) is 1.72. The van der Waals surface area contributed by atoms with Crippen LogP contribution in [0.1, 0.15) is 0 Å². The summed E-state index contributed by atoms with van der Waals surface area (Å²) in [5, 5.41) is 49.0. The van der Waals surface area contributed by atoms with E-state index in [0.29, 0.717) is 0 Å². The summed E-state index contributed by atoms with van der Waals surface area (Å²) in [7, 11) is 1.56. The van der Waals surface area contributed by atoms with Crippen LogP contribution in [0.2, 0.25) is 0 Å². The van der Waals surface area contributed by atoms with Gasteiger partial charge in [-0.2, -0.15) is 0 Å². The average Bonchev–Trinajstić information content (AvgIpc) is 2.14. The van der Waals surface area contributed by atoms with Gasteiger partial charge in [0.05, 0.1) is 6.10 Å². The van der Waals surface area contributed by atoms with Gasteiger partial charge in [0.2, 0.25) is 0 Å². The molecule has 4 unspecified atom stereocenters. The minimum absolute atomic E-state index is 0.0732. The van der Waals surface area contributed by atoms with E-state index in [1.54, 1.807) is 7.05 Å². The molecule has 0 aromatic carbocycles. The molecule has 0 bridgehead atoms. The van der Waals surface area contributed by atoms with E-state index in [-0.39, 0.29) is 6.54 Å². The lowest BCUT2D eigenvalue weighted by Crippen LogP contribution is -2.48. The first-order chi connectivity index (χ1) is 6.04. The molecule has 0 aliphatic rings. The summed E-state index contributed by atoms with van der Waals surface area (Å²) in [6.45, 7) is -0.839. The van der Waals surface area contributed by atoms with E-state index in [9.17, 15) is 10.2 Å². The Morgan fingerprint density at radius 3 is 1.92 bits per heavy atom. The normalized spacial score (nSPS) is 20.8. The highest BCUT2D eigenvalue weighted by Crippen LogP contribution is 2.04.